The summed E-state index contributed by atoms with van der Waals surface area (Å²) in [5.41, 5.74) is -0.626. The third-order valence-corrected chi connectivity index (χ3v) is 5.87. The molecular formula is C12H18N2O2. The van der Waals surface area contributed by atoms with Crippen LogP contribution in [0.25, 0.3) is 0 Å². The minimum absolute atomic E-state index is 0.110. The van der Waals surface area contributed by atoms with Crippen molar-refractivity contribution < 1.29 is 9.59 Å². The minimum Gasteiger partial charge on any atom is -0.323 e. The SMILES string of the molecule is CC1(C)[C@H]2CC[C@@]1(C)[C@]1(C2)NC(=O)NC1=O. The Morgan fingerprint density at radius 2 is 1.94 bits per heavy atom. The molecule has 88 valence electrons. The van der Waals surface area contributed by atoms with Gasteiger partial charge in [0.1, 0.15) is 5.54 Å². The van der Waals surface area contributed by atoms with Crippen LogP contribution in [0.3, 0.4) is 0 Å². The topological polar surface area (TPSA) is 58.2 Å². The third kappa shape index (κ3) is 0.770. The first-order valence-electron chi connectivity index (χ1n) is 5.97. The maximum atomic E-state index is 12.1. The second kappa shape index (κ2) is 2.44. The number of fused-ring (bicyclic) bond motifs is 3. The summed E-state index contributed by atoms with van der Waals surface area (Å²) in [6, 6.07) is -0.324. The Balaban J connectivity index is 2.13. The normalized spacial score (nSPS) is 48.6. The van der Waals surface area contributed by atoms with Gasteiger partial charge in [-0.2, -0.15) is 0 Å². The molecule has 3 fully saturated rings. The summed E-state index contributed by atoms with van der Waals surface area (Å²) in [5.74, 6) is 0.428. The first-order chi connectivity index (χ1) is 7.33. The van der Waals surface area contributed by atoms with Crippen molar-refractivity contribution in [2.24, 2.45) is 16.7 Å². The molecule has 0 unspecified atom stereocenters. The molecule has 3 atom stereocenters. The molecule has 2 saturated carbocycles. The van der Waals surface area contributed by atoms with Gasteiger partial charge in [-0.1, -0.05) is 20.8 Å². The van der Waals surface area contributed by atoms with Crippen molar-refractivity contribution in [3.63, 3.8) is 0 Å². The summed E-state index contributed by atoms with van der Waals surface area (Å²) in [6.45, 7) is 6.62. The van der Waals surface area contributed by atoms with E-state index in [0.29, 0.717) is 5.92 Å². The monoisotopic (exact) mass is 222 g/mol. The molecule has 4 nitrogen and oxygen atoms in total. The molecule has 2 bridgehead atoms. The fraction of sp³-hybridized carbons (Fsp3) is 0.833. The van der Waals surface area contributed by atoms with Crippen molar-refractivity contribution in [3.05, 3.63) is 0 Å². The van der Waals surface area contributed by atoms with E-state index < -0.39 is 5.54 Å². The second-order valence-electron chi connectivity index (χ2n) is 6.31. The van der Waals surface area contributed by atoms with Gasteiger partial charge in [-0.05, 0) is 30.6 Å². The van der Waals surface area contributed by atoms with Crippen LogP contribution in [0, 0.1) is 16.7 Å². The Bertz CT molecular complexity index is 404. The van der Waals surface area contributed by atoms with E-state index in [9.17, 15) is 9.59 Å². The van der Waals surface area contributed by atoms with Gasteiger partial charge < -0.3 is 5.32 Å². The van der Waals surface area contributed by atoms with Gasteiger partial charge in [0, 0.05) is 5.41 Å². The zero-order valence-corrected chi connectivity index (χ0v) is 10.0. The molecule has 16 heavy (non-hydrogen) atoms. The summed E-state index contributed by atoms with van der Waals surface area (Å²) in [5, 5.41) is 5.32. The highest BCUT2D eigenvalue weighted by atomic mass is 16.2. The number of imide groups is 1. The van der Waals surface area contributed by atoms with Crippen LogP contribution in [-0.2, 0) is 4.79 Å². The van der Waals surface area contributed by atoms with Crippen LogP contribution in [0.4, 0.5) is 4.79 Å². The number of hydrogen-bond acceptors (Lipinski definition) is 2. The molecule has 3 rings (SSSR count). The van der Waals surface area contributed by atoms with E-state index in [2.05, 4.69) is 31.4 Å². The van der Waals surface area contributed by atoms with E-state index >= 15 is 0 Å². The van der Waals surface area contributed by atoms with E-state index in [0.717, 1.165) is 12.8 Å². The Labute approximate surface area is 95.2 Å². The molecule has 1 spiro atoms. The smallest absolute Gasteiger partial charge is 0.322 e. The highest BCUT2D eigenvalue weighted by Gasteiger charge is 2.73. The molecule has 2 aliphatic carbocycles. The van der Waals surface area contributed by atoms with Crippen molar-refractivity contribution in [1.82, 2.24) is 10.6 Å². The van der Waals surface area contributed by atoms with Crippen LogP contribution in [0.5, 0.6) is 0 Å². The van der Waals surface area contributed by atoms with Gasteiger partial charge in [-0.3, -0.25) is 10.1 Å². The molecule has 1 aliphatic heterocycles. The lowest BCUT2D eigenvalue weighted by atomic mass is 9.63. The van der Waals surface area contributed by atoms with E-state index in [4.69, 9.17) is 0 Å². The highest BCUT2D eigenvalue weighted by Crippen LogP contribution is 2.70. The summed E-state index contributed by atoms with van der Waals surface area (Å²) in [4.78, 5) is 23.5. The van der Waals surface area contributed by atoms with Gasteiger partial charge in [0.2, 0.25) is 0 Å². The van der Waals surface area contributed by atoms with Gasteiger partial charge in [0.15, 0.2) is 0 Å². The van der Waals surface area contributed by atoms with Crippen molar-refractivity contribution in [1.29, 1.82) is 0 Å². The van der Waals surface area contributed by atoms with Crippen LogP contribution in [0.15, 0.2) is 0 Å². The Hall–Kier alpha value is -1.06. The first kappa shape index (κ1) is 10.1. The number of urea groups is 1. The zero-order chi connectivity index (χ0) is 11.8. The van der Waals surface area contributed by atoms with Gasteiger partial charge in [-0.15, -0.1) is 0 Å². The maximum absolute atomic E-state index is 12.1. The quantitative estimate of drug-likeness (QED) is 0.609. The van der Waals surface area contributed by atoms with Crippen molar-refractivity contribution in [3.8, 4) is 0 Å². The number of carbonyl (C=O) groups is 2. The molecule has 3 amide bonds. The lowest BCUT2D eigenvalue weighted by molar-refractivity contribution is -0.129. The van der Waals surface area contributed by atoms with Crippen molar-refractivity contribution in [2.45, 2.75) is 45.6 Å². The molecule has 0 radical (unpaired) electrons. The number of amides is 3. The average molecular weight is 222 g/mol. The Morgan fingerprint density at radius 3 is 2.31 bits per heavy atom. The largest absolute Gasteiger partial charge is 0.323 e. The van der Waals surface area contributed by atoms with E-state index in [1.54, 1.807) is 0 Å². The average Bonchev–Trinajstić information content (AvgIpc) is 2.63. The maximum Gasteiger partial charge on any atom is 0.322 e. The molecular weight excluding hydrogens is 204 g/mol. The molecule has 1 heterocycles. The van der Waals surface area contributed by atoms with E-state index in [1.165, 1.54) is 6.42 Å². The van der Waals surface area contributed by atoms with Gasteiger partial charge in [0.25, 0.3) is 5.91 Å². The van der Waals surface area contributed by atoms with Crippen LogP contribution < -0.4 is 10.6 Å². The predicted molar refractivity (Wildman–Crippen MR) is 58.6 cm³/mol. The van der Waals surface area contributed by atoms with Crippen LogP contribution in [0.2, 0.25) is 0 Å². The van der Waals surface area contributed by atoms with E-state index in [-0.39, 0.29) is 22.8 Å². The standard InChI is InChI=1S/C12H18N2O2/c1-10(2)7-4-5-11(10,3)12(6-7)8(15)13-9(16)14-12/h7H,4-6H2,1-3H3,(H2,13,14,15,16)/t7-,11+,12+/m0/s1. The minimum atomic E-state index is -0.642. The Kier molecular flexibility index (Phi) is 1.54. The number of hydrogen-bond donors (Lipinski definition) is 2. The van der Waals surface area contributed by atoms with E-state index in [1.807, 2.05) is 0 Å². The Morgan fingerprint density at radius 1 is 1.25 bits per heavy atom. The van der Waals surface area contributed by atoms with Gasteiger partial charge >= 0.3 is 6.03 Å². The number of rotatable bonds is 0. The van der Waals surface area contributed by atoms with Gasteiger partial charge in [-0.25, -0.2) is 4.79 Å². The third-order valence-electron chi connectivity index (χ3n) is 5.87. The fourth-order valence-electron chi connectivity index (χ4n) is 4.34. The predicted octanol–water partition coefficient (Wildman–Crippen LogP) is 1.41. The summed E-state index contributed by atoms with van der Waals surface area (Å²) < 4.78 is 0. The molecule has 1 saturated heterocycles. The summed E-state index contributed by atoms with van der Waals surface area (Å²) >= 11 is 0. The number of nitrogens with one attached hydrogen (secondary N) is 2. The number of carbonyl (C=O) groups excluding carboxylic acids is 2. The molecule has 0 aromatic rings. The molecule has 2 N–H and O–H groups in total. The first-order valence-corrected chi connectivity index (χ1v) is 5.97. The molecule has 4 heteroatoms. The summed E-state index contributed by atoms with van der Waals surface area (Å²) in [7, 11) is 0. The fourth-order valence-corrected chi connectivity index (χ4v) is 4.34. The van der Waals surface area contributed by atoms with Crippen LogP contribution in [-0.4, -0.2) is 17.5 Å². The molecule has 3 aliphatic rings. The van der Waals surface area contributed by atoms with Crippen molar-refractivity contribution >= 4 is 11.9 Å². The lowest BCUT2D eigenvalue weighted by Gasteiger charge is -2.44. The van der Waals surface area contributed by atoms with Crippen LogP contribution in [0.1, 0.15) is 40.0 Å². The summed E-state index contributed by atoms with van der Waals surface area (Å²) in [6.07, 6.45) is 3.00. The van der Waals surface area contributed by atoms with Crippen LogP contribution >= 0.6 is 0 Å². The van der Waals surface area contributed by atoms with Crippen molar-refractivity contribution in [2.75, 3.05) is 0 Å². The lowest BCUT2D eigenvalue weighted by Crippen LogP contribution is -2.58. The second-order valence-corrected chi connectivity index (χ2v) is 6.31. The molecule has 0 aromatic heterocycles. The highest BCUT2D eigenvalue weighted by molar-refractivity contribution is 6.08. The van der Waals surface area contributed by atoms with Gasteiger partial charge in [0.05, 0.1) is 0 Å². The zero-order valence-electron chi connectivity index (χ0n) is 10.0. The molecule has 0 aromatic carbocycles.